The van der Waals surface area contributed by atoms with Crippen LogP contribution in [0, 0.1) is 12.3 Å². The van der Waals surface area contributed by atoms with E-state index in [9.17, 15) is 4.79 Å². The van der Waals surface area contributed by atoms with Crippen LogP contribution in [-0.2, 0) is 4.74 Å². The Bertz CT molecular complexity index is 376. The molecule has 0 saturated carbocycles. The normalized spacial score (nSPS) is 9.50. The Morgan fingerprint density at radius 2 is 2.00 bits per heavy atom. The highest BCUT2D eigenvalue weighted by molar-refractivity contribution is 6.30. The van der Waals surface area contributed by atoms with E-state index in [0.29, 0.717) is 17.2 Å². The van der Waals surface area contributed by atoms with Gasteiger partial charge in [0.2, 0.25) is 0 Å². The summed E-state index contributed by atoms with van der Waals surface area (Å²) in [5.74, 6) is 2.22. The molecule has 0 aliphatic carbocycles. The minimum atomic E-state index is -0.322. The standard InChI is InChI=1S/C13H13ClO2/c1-2-3-4-5-10-16-13(15)11-6-8-12(14)9-7-11/h1,6-9H,3-5,10H2. The molecule has 0 heterocycles. The number of benzene rings is 1. The molecule has 0 aliphatic heterocycles. The largest absolute Gasteiger partial charge is 0.462 e. The fourth-order valence-corrected chi connectivity index (χ4v) is 1.29. The highest BCUT2D eigenvalue weighted by Crippen LogP contribution is 2.10. The van der Waals surface area contributed by atoms with Gasteiger partial charge in [0.1, 0.15) is 0 Å². The first kappa shape index (κ1) is 12.6. The van der Waals surface area contributed by atoms with Crippen LogP contribution in [0.25, 0.3) is 0 Å². The van der Waals surface area contributed by atoms with Crippen molar-refractivity contribution in [3.05, 3.63) is 34.9 Å². The Balaban J connectivity index is 2.30. The molecule has 0 amide bonds. The van der Waals surface area contributed by atoms with Gasteiger partial charge in [0.05, 0.1) is 12.2 Å². The molecule has 0 unspecified atom stereocenters. The Morgan fingerprint density at radius 3 is 2.62 bits per heavy atom. The molecule has 84 valence electrons. The summed E-state index contributed by atoms with van der Waals surface area (Å²) >= 11 is 5.71. The van der Waals surface area contributed by atoms with E-state index in [1.165, 1.54) is 0 Å². The lowest BCUT2D eigenvalue weighted by Gasteiger charge is -2.03. The van der Waals surface area contributed by atoms with Crippen molar-refractivity contribution >= 4 is 17.6 Å². The molecule has 1 aromatic rings. The predicted molar refractivity (Wildman–Crippen MR) is 64.4 cm³/mol. The number of esters is 1. The molecule has 0 bridgehead atoms. The lowest BCUT2D eigenvalue weighted by Crippen LogP contribution is -2.06. The zero-order valence-corrected chi connectivity index (χ0v) is 9.67. The second-order valence-corrected chi connectivity index (χ2v) is 3.74. The topological polar surface area (TPSA) is 26.3 Å². The molecule has 0 fully saturated rings. The van der Waals surface area contributed by atoms with Gasteiger partial charge in [-0.2, -0.15) is 0 Å². The van der Waals surface area contributed by atoms with Gasteiger partial charge in [0.15, 0.2) is 0 Å². The number of rotatable bonds is 5. The maximum Gasteiger partial charge on any atom is 0.338 e. The number of carbonyl (C=O) groups excluding carboxylic acids is 1. The first-order valence-electron chi connectivity index (χ1n) is 5.10. The lowest BCUT2D eigenvalue weighted by molar-refractivity contribution is 0.0499. The molecule has 0 aliphatic rings. The Labute approximate surface area is 101 Å². The average molecular weight is 237 g/mol. The van der Waals surface area contributed by atoms with Crippen LogP contribution in [0.15, 0.2) is 24.3 Å². The van der Waals surface area contributed by atoms with E-state index < -0.39 is 0 Å². The molecule has 1 rings (SSSR count). The van der Waals surface area contributed by atoms with Crippen molar-refractivity contribution in [2.24, 2.45) is 0 Å². The number of terminal acetylenes is 1. The Hall–Kier alpha value is -1.46. The number of halogens is 1. The third kappa shape index (κ3) is 4.37. The van der Waals surface area contributed by atoms with E-state index in [2.05, 4.69) is 5.92 Å². The van der Waals surface area contributed by atoms with E-state index in [4.69, 9.17) is 22.8 Å². The van der Waals surface area contributed by atoms with Gasteiger partial charge in [-0.05, 0) is 37.1 Å². The van der Waals surface area contributed by atoms with Crippen molar-refractivity contribution in [3.8, 4) is 12.3 Å². The third-order valence-corrected chi connectivity index (χ3v) is 2.28. The minimum absolute atomic E-state index is 0.322. The van der Waals surface area contributed by atoms with E-state index in [-0.39, 0.29) is 5.97 Å². The summed E-state index contributed by atoms with van der Waals surface area (Å²) in [6.07, 6.45) is 7.50. The van der Waals surface area contributed by atoms with Crippen molar-refractivity contribution in [2.75, 3.05) is 6.61 Å². The SMILES string of the molecule is C#CCCCCOC(=O)c1ccc(Cl)cc1. The predicted octanol–water partition coefficient (Wildman–Crippen LogP) is 3.30. The first-order chi connectivity index (χ1) is 7.74. The fraction of sp³-hybridized carbons (Fsp3) is 0.308. The Morgan fingerprint density at radius 1 is 1.31 bits per heavy atom. The molecule has 0 saturated heterocycles. The molecule has 16 heavy (non-hydrogen) atoms. The van der Waals surface area contributed by atoms with Gasteiger partial charge in [0, 0.05) is 11.4 Å². The van der Waals surface area contributed by atoms with E-state index in [0.717, 1.165) is 19.3 Å². The summed E-state index contributed by atoms with van der Waals surface area (Å²) in [4.78, 5) is 11.5. The molecule has 0 atom stereocenters. The number of ether oxygens (including phenoxy) is 1. The van der Waals surface area contributed by atoms with Gasteiger partial charge in [0.25, 0.3) is 0 Å². The monoisotopic (exact) mass is 236 g/mol. The van der Waals surface area contributed by atoms with E-state index >= 15 is 0 Å². The summed E-state index contributed by atoms with van der Waals surface area (Å²) in [6.45, 7) is 0.406. The molecular formula is C13H13ClO2. The van der Waals surface area contributed by atoms with Crippen molar-refractivity contribution < 1.29 is 9.53 Å². The maximum absolute atomic E-state index is 11.5. The van der Waals surface area contributed by atoms with Crippen LogP contribution in [0.5, 0.6) is 0 Å². The van der Waals surface area contributed by atoms with Crippen molar-refractivity contribution in [1.82, 2.24) is 0 Å². The summed E-state index contributed by atoms with van der Waals surface area (Å²) in [5.41, 5.74) is 0.515. The fourth-order valence-electron chi connectivity index (χ4n) is 1.16. The van der Waals surface area contributed by atoms with Crippen LogP contribution in [0.1, 0.15) is 29.6 Å². The van der Waals surface area contributed by atoms with Crippen molar-refractivity contribution in [2.45, 2.75) is 19.3 Å². The smallest absolute Gasteiger partial charge is 0.338 e. The molecule has 0 spiro atoms. The van der Waals surface area contributed by atoms with Crippen LogP contribution in [0.2, 0.25) is 5.02 Å². The van der Waals surface area contributed by atoms with Gasteiger partial charge in [-0.25, -0.2) is 4.79 Å². The van der Waals surface area contributed by atoms with Crippen LogP contribution < -0.4 is 0 Å². The number of hydrogen-bond acceptors (Lipinski definition) is 2. The van der Waals surface area contributed by atoms with E-state index in [1.54, 1.807) is 24.3 Å². The van der Waals surface area contributed by atoms with Crippen LogP contribution in [0.4, 0.5) is 0 Å². The number of unbranched alkanes of at least 4 members (excludes halogenated alkanes) is 2. The molecule has 0 N–H and O–H groups in total. The lowest BCUT2D eigenvalue weighted by atomic mass is 10.2. The van der Waals surface area contributed by atoms with Crippen LogP contribution >= 0.6 is 11.6 Å². The summed E-state index contributed by atoms with van der Waals surface area (Å²) in [7, 11) is 0. The van der Waals surface area contributed by atoms with Crippen molar-refractivity contribution in [1.29, 1.82) is 0 Å². The van der Waals surface area contributed by atoms with Gasteiger partial charge < -0.3 is 4.74 Å². The Kier molecular flexibility index (Phi) is 5.45. The van der Waals surface area contributed by atoms with Crippen LogP contribution in [-0.4, -0.2) is 12.6 Å². The first-order valence-corrected chi connectivity index (χ1v) is 5.48. The number of carbonyl (C=O) groups is 1. The zero-order valence-electron chi connectivity index (χ0n) is 8.91. The second-order valence-electron chi connectivity index (χ2n) is 3.30. The van der Waals surface area contributed by atoms with E-state index in [1.807, 2.05) is 0 Å². The maximum atomic E-state index is 11.5. The second kappa shape index (κ2) is 6.92. The number of hydrogen-bond donors (Lipinski definition) is 0. The van der Waals surface area contributed by atoms with Crippen molar-refractivity contribution in [3.63, 3.8) is 0 Å². The molecule has 3 heteroatoms. The van der Waals surface area contributed by atoms with Crippen LogP contribution in [0.3, 0.4) is 0 Å². The molecule has 0 radical (unpaired) electrons. The third-order valence-electron chi connectivity index (χ3n) is 2.03. The van der Waals surface area contributed by atoms with Gasteiger partial charge in [-0.15, -0.1) is 12.3 Å². The summed E-state index contributed by atoms with van der Waals surface area (Å²) in [6, 6.07) is 6.62. The average Bonchev–Trinajstić information content (AvgIpc) is 2.29. The van der Waals surface area contributed by atoms with Gasteiger partial charge >= 0.3 is 5.97 Å². The highest BCUT2D eigenvalue weighted by atomic mass is 35.5. The molecule has 1 aromatic carbocycles. The summed E-state index contributed by atoms with van der Waals surface area (Å²) < 4.78 is 5.06. The zero-order chi connectivity index (χ0) is 11.8. The van der Waals surface area contributed by atoms with Gasteiger partial charge in [-0.1, -0.05) is 11.6 Å². The molecule has 0 aromatic heterocycles. The molecular weight excluding hydrogens is 224 g/mol. The minimum Gasteiger partial charge on any atom is -0.462 e. The highest BCUT2D eigenvalue weighted by Gasteiger charge is 2.05. The molecule has 2 nitrogen and oxygen atoms in total. The van der Waals surface area contributed by atoms with Gasteiger partial charge in [-0.3, -0.25) is 0 Å². The summed E-state index contributed by atoms with van der Waals surface area (Å²) in [5, 5.41) is 0.602. The quantitative estimate of drug-likeness (QED) is 0.446.